The fourth-order valence-corrected chi connectivity index (χ4v) is 7.89. The molecule has 3 heteroatoms. The molecule has 51 heavy (non-hydrogen) atoms. The number of anilines is 3. The van der Waals surface area contributed by atoms with Crippen molar-refractivity contribution < 1.29 is 0 Å². The summed E-state index contributed by atoms with van der Waals surface area (Å²) in [5, 5.41) is 4.98. The predicted octanol–water partition coefficient (Wildman–Crippen LogP) is 13.0. The van der Waals surface area contributed by atoms with Gasteiger partial charge in [-0.1, -0.05) is 127 Å². The quantitative estimate of drug-likeness (QED) is 0.174. The van der Waals surface area contributed by atoms with Crippen molar-refractivity contribution in [2.24, 2.45) is 0 Å². The highest BCUT2D eigenvalue weighted by atomic mass is 15.1. The van der Waals surface area contributed by atoms with Crippen molar-refractivity contribution in [2.75, 3.05) is 4.90 Å². The van der Waals surface area contributed by atoms with Gasteiger partial charge in [-0.3, -0.25) is 0 Å². The van der Waals surface area contributed by atoms with Gasteiger partial charge in [-0.2, -0.15) is 0 Å². The predicted molar refractivity (Wildman–Crippen MR) is 215 cm³/mol. The Morgan fingerprint density at radius 3 is 1.55 bits per heavy atom. The molecule has 0 bridgehead atoms. The van der Waals surface area contributed by atoms with Crippen LogP contribution < -0.4 is 4.90 Å². The van der Waals surface area contributed by atoms with Gasteiger partial charge in [0.1, 0.15) is 0 Å². The first-order valence-electron chi connectivity index (χ1n) is 17.5. The van der Waals surface area contributed by atoms with E-state index in [1.54, 1.807) is 0 Å². The van der Waals surface area contributed by atoms with Crippen LogP contribution in [-0.2, 0) is 0 Å². The zero-order chi connectivity index (χ0) is 33.7. The van der Waals surface area contributed by atoms with E-state index in [-0.39, 0.29) is 0 Å². The highest BCUT2D eigenvalue weighted by Gasteiger charge is 2.20. The molecular weight excluding hydrogens is 619 g/mol. The van der Waals surface area contributed by atoms with Gasteiger partial charge in [-0.25, -0.2) is 0 Å². The lowest BCUT2D eigenvalue weighted by Gasteiger charge is -2.26. The summed E-state index contributed by atoms with van der Waals surface area (Å²) in [6, 6.07) is 72.1. The number of rotatable bonds is 6. The summed E-state index contributed by atoms with van der Waals surface area (Å²) in [6.45, 7) is 0. The van der Waals surface area contributed by atoms with Crippen molar-refractivity contribution in [2.45, 2.75) is 0 Å². The fraction of sp³-hybridized carbons (Fsp3) is 0. The Morgan fingerprint density at radius 2 is 0.824 bits per heavy atom. The number of hydrogen-bond acceptors (Lipinski definition) is 1. The zero-order valence-corrected chi connectivity index (χ0v) is 27.9. The number of aromatic nitrogens is 2. The highest BCUT2D eigenvalue weighted by Crippen LogP contribution is 2.42. The average molecular weight is 652 g/mol. The molecule has 0 saturated heterocycles. The molecule has 10 rings (SSSR count). The molecule has 240 valence electrons. The van der Waals surface area contributed by atoms with Crippen LogP contribution in [0.3, 0.4) is 0 Å². The molecule has 8 aromatic carbocycles. The molecule has 0 spiro atoms. The van der Waals surface area contributed by atoms with E-state index in [4.69, 9.17) is 0 Å². The Balaban J connectivity index is 1.20. The van der Waals surface area contributed by atoms with E-state index in [1.165, 1.54) is 54.7 Å². The molecule has 3 nitrogen and oxygen atoms in total. The summed E-state index contributed by atoms with van der Waals surface area (Å²) in [4.78, 5) is 2.38. The summed E-state index contributed by atoms with van der Waals surface area (Å²) in [7, 11) is 0. The topological polar surface area (TPSA) is 13.1 Å². The number of benzene rings is 8. The van der Waals surface area contributed by atoms with Crippen LogP contribution in [-0.4, -0.2) is 9.13 Å². The molecule has 0 radical (unpaired) electrons. The Labute approximate surface area is 296 Å². The van der Waals surface area contributed by atoms with Crippen LogP contribution in [0.4, 0.5) is 17.1 Å². The molecule has 0 aliphatic carbocycles. The average Bonchev–Trinajstić information content (AvgIpc) is 3.72. The lowest BCUT2D eigenvalue weighted by Crippen LogP contribution is -2.10. The molecule has 0 unspecified atom stereocenters. The van der Waals surface area contributed by atoms with Crippen LogP contribution >= 0.6 is 0 Å². The maximum atomic E-state index is 2.41. The smallest absolute Gasteiger partial charge is 0.0619 e. The van der Waals surface area contributed by atoms with Crippen molar-refractivity contribution >= 4 is 60.7 Å². The Kier molecular flexibility index (Phi) is 6.81. The van der Waals surface area contributed by atoms with Crippen molar-refractivity contribution in [3.05, 3.63) is 200 Å². The van der Waals surface area contributed by atoms with Gasteiger partial charge in [0.25, 0.3) is 0 Å². The van der Waals surface area contributed by atoms with Crippen molar-refractivity contribution in [1.82, 2.24) is 9.13 Å². The normalized spacial score (nSPS) is 11.5. The monoisotopic (exact) mass is 651 g/mol. The van der Waals surface area contributed by atoms with Gasteiger partial charge in [-0.05, 0) is 78.4 Å². The molecule has 10 aromatic rings. The van der Waals surface area contributed by atoms with Gasteiger partial charge < -0.3 is 14.0 Å². The van der Waals surface area contributed by atoms with Gasteiger partial charge in [0.2, 0.25) is 0 Å². The Bertz CT molecular complexity index is 2850. The van der Waals surface area contributed by atoms with Gasteiger partial charge in [-0.15, -0.1) is 0 Å². The van der Waals surface area contributed by atoms with E-state index in [1.807, 2.05) is 0 Å². The second-order valence-electron chi connectivity index (χ2n) is 13.0. The van der Waals surface area contributed by atoms with Crippen LogP contribution in [0.5, 0.6) is 0 Å². The number of hydrogen-bond donors (Lipinski definition) is 0. The van der Waals surface area contributed by atoms with Crippen LogP contribution in [0.15, 0.2) is 200 Å². The molecule has 0 atom stereocenters. The van der Waals surface area contributed by atoms with Gasteiger partial charge in [0.15, 0.2) is 0 Å². The third kappa shape index (κ3) is 4.74. The van der Waals surface area contributed by atoms with Gasteiger partial charge in [0.05, 0.1) is 22.1 Å². The van der Waals surface area contributed by atoms with Crippen molar-refractivity contribution in [3.63, 3.8) is 0 Å². The van der Waals surface area contributed by atoms with E-state index in [0.29, 0.717) is 0 Å². The first kappa shape index (κ1) is 29.1. The highest BCUT2D eigenvalue weighted by molar-refractivity contribution is 6.14. The van der Waals surface area contributed by atoms with Crippen molar-refractivity contribution in [1.29, 1.82) is 0 Å². The maximum Gasteiger partial charge on any atom is 0.0619 e. The van der Waals surface area contributed by atoms with E-state index in [9.17, 15) is 0 Å². The minimum absolute atomic E-state index is 1.10. The van der Waals surface area contributed by atoms with Crippen LogP contribution in [0, 0.1) is 0 Å². The first-order valence-corrected chi connectivity index (χ1v) is 17.5. The van der Waals surface area contributed by atoms with Crippen LogP contribution in [0.1, 0.15) is 0 Å². The minimum atomic E-state index is 1.10. The molecular formula is C48H33N3. The van der Waals surface area contributed by atoms with Crippen LogP contribution in [0.25, 0.3) is 66.1 Å². The van der Waals surface area contributed by atoms with Gasteiger partial charge >= 0.3 is 0 Å². The second-order valence-corrected chi connectivity index (χ2v) is 13.0. The molecule has 0 amide bonds. The van der Waals surface area contributed by atoms with E-state index >= 15 is 0 Å². The second kappa shape index (κ2) is 11.9. The molecule has 2 heterocycles. The third-order valence-electron chi connectivity index (χ3n) is 10.1. The summed E-state index contributed by atoms with van der Waals surface area (Å²) in [5.74, 6) is 0. The van der Waals surface area contributed by atoms with E-state index in [0.717, 1.165) is 28.4 Å². The number of fused-ring (bicyclic) bond motifs is 6. The Morgan fingerprint density at radius 1 is 0.314 bits per heavy atom. The van der Waals surface area contributed by atoms with Crippen molar-refractivity contribution in [3.8, 4) is 22.5 Å². The standard InChI is InChI=1S/C48H33N3/c1-4-17-35(18-5-1)49(39-30-31-43-41-24-10-12-28-45(41)50(47(43)33-39)36-19-6-2-7-20-36)38-23-14-16-34(32-38)40-26-15-27-44-42-25-11-13-29-46(42)51(48(40)44)37-21-8-3-9-22-37/h1-33H. The molecule has 0 aliphatic rings. The molecule has 0 saturated carbocycles. The summed E-state index contributed by atoms with van der Waals surface area (Å²) in [6.07, 6.45) is 0. The number of nitrogens with zero attached hydrogens (tertiary/aromatic N) is 3. The SMILES string of the molecule is c1ccc(N(c2cccc(-c3cccc4c5ccccc5n(-c5ccccc5)c34)c2)c2ccc3c4ccccc4n(-c4ccccc4)c3c2)cc1. The minimum Gasteiger partial charge on any atom is -0.310 e. The summed E-state index contributed by atoms with van der Waals surface area (Å²) >= 11 is 0. The van der Waals surface area contributed by atoms with E-state index < -0.39 is 0 Å². The summed E-state index contributed by atoms with van der Waals surface area (Å²) in [5.41, 5.74) is 12.8. The summed E-state index contributed by atoms with van der Waals surface area (Å²) < 4.78 is 4.80. The molecule has 0 aliphatic heterocycles. The largest absolute Gasteiger partial charge is 0.310 e. The molecule has 0 fully saturated rings. The zero-order valence-electron chi connectivity index (χ0n) is 27.9. The lowest BCUT2D eigenvalue weighted by atomic mass is 10.0. The Hall–Kier alpha value is -6.84. The van der Waals surface area contributed by atoms with E-state index in [2.05, 4.69) is 214 Å². The lowest BCUT2D eigenvalue weighted by molar-refractivity contribution is 1.18. The molecule has 0 N–H and O–H groups in total. The maximum absolute atomic E-state index is 2.41. The molecule has 2 aromatic heterocycles. The van der Waals surface area contributed by atoms with Gasteiger partial charge in [0, 0.05) is 55.5 Å². The number of para-hydroxylation sites is 6. The third-order valence-corrected chi connectivity index (χ3v) is 10.1. The first-order chi connectivity index (χ1) is 25.3. The fourth-order valence-electron chi connectivity index (χ4n) is 7.89. The van der Waals surface area contributed by atoms with Crippen LogP contribution in [0.2, 0.25) is 0 Å².